The van der Waals surface area contributed by atoms with Crippen molar-refractivity contribution in [1.29, 1.82) is 0 Å². The number of carbonyl (C=O) groups excluding carboxylic acids is 1. The maximum atomic E-state index is 13.0. The fourth-order valence-electron chi connectivity index (χ4n) is 4.04. The van der Waals surface area contributed by atoms with Crippen LogP contribution in [0.5, 0.6) is 17.4 Å². The molecule has 2 aliphatic rings. The fourth-order valence-corrected chi connectivity index (χ4v) is 4.04. The molecule has 2 amide bonds. The Morgan fingerprint density at radius 2 is 1.79 bits per heavy atom. The summed E-state index contributed by atoms with van der Waals surface area (Å²) in [5.74, 6) is 2.50. The minimum atomic E-state index is -0.193. The summed E-state index contributed by atoms with van der Waals surface area (Å²) in [6, 6.07) is 16.7. The second-order valence-electron chi connectivity index (χ2n) is 8.10. The molecular weight excluding hydrogens is 434 g/mol. The molecule has 3 heterocycles. The summed E-state index contributed by atoms with van der Waals surface area (Å²) in [6.07, 6.45) is 0.617. The van der Waals surface area contributed by atoms with Crippen LogP contribution in [0.1, 0.15) is 11.3 Å². The number of fused-ring (bicyclic) bond motifs is 1. The molecule has 9 heteroatoms. The van der Waals surface area contributed by atoms with Crippen LogP contribution < -0.4 is 19.7 Å². The van der Waals surface area contributed by atoms with Gasteiger partial charge in [-0.1, -0.05) is 24.3 Å². The van der Waals surface area contributed by atoms with E-state index in [-0.39, 0.29) is 6.03 Å². The Labute approximate surface area is 198 Å². The number of nitrogens with zero attached hydrogens (tertiary/aromatic N) is 4. The molecule has 0 aliphatic carbocycles. The van der Waals surface area contributed by atoms with Crippen LogP contribution in [0.2, 0.25) is 0 Å². The quantitative estimate of drug-likeness (QED) is 0.620. The van der Waals surface area contributed by atoms with Gasteiger partial charge in [0, 0.05) is 37.8 Å². The number of carbonyl (C=O) groups is 1. The number of anilines is 2. The van der Waals surface area contributed by atoms with Gasteiger partial charge in [0.05, 0.1) is 38.1 Å². The maximum absolute atomic E-state index is 13.0. The van der Waals surface area contributed by atoms with Crippen molar-refractivity contribution in [2.45, 2.75) is 13.0 Å². The van der Waals surface area contributed by atoms with Crippen molar-refractivity contribution in [2.75, 3.05) is 50.2 Å². The van der Waals surface area contributed by atoms with Crippen molar-refractivity contribution in [1.82, 2.24) is 14.9 Å². The summed E-state index contributed by atoms with van der Waals surface area (Å²) in [7, 11) is 1.60. The van der Waals surface area contributed by atoms with Crippen LogP contribution in [0, 0.1) is 0 Å². The van der Waals surface area contributed by atoms with Crippen molar-refractivity contribution in [2.24, 2.45) is 0 Å². The predicted octanol–water partition coefficient (Wildman–Crippen LogP) is 3.70. The normalized spacial score (nSPS) is 15.4. The molecule has 0 saturated carbocycles. The molecule has 176 valence electrons. The average molecular weight is 462 g/mol. The average Bonchev–Trinajstić information content (AvgIpc) is 2.89. The summed E-state index contributed by atoms with van der Waals surface area (Å²) in [5, 5.41) is 2.95. The molecular formula is C25H27N5O4. The molecule has 0 unspecified atom stereocenters. The van der Waals surface area contributed by atoms with Crippen LogP contribution in [-0.4, -0.2) is 60.9 Å². The van der Waals surface area contributed by atoms with Gasteiger partial charge in [-0.2, -0.15) is 4.98 Å². The number of urea groups is 1. The van der Waals surface area contributed by atoms with Gasteiger partial charge in [-0.05, 0) is 24.3 Å². The lowest BCUT2D eigenvalue weighted by atomic mass is 10.1. The summed E-state index contributed by atoms with van der Waals surface area (Å²) in [6.45, 7) is 3.67. The molecule has 0 radical (unpaired) electrons. The first kappa shape index (κ1) is 22.0. The monoisotopic (exact) mass is 461 g/mol. The SMILES string of the molecule is COc1cccc(NC(=O)N2CCc3nc(N4CCOCC4)nc(Oc4ccccc4)c3C2)c1. The Morgan fingerprint density at radius 1 is 1.00 bits per heavy atom. The zero-order valence-electron chi connectivity index (χ0n) is 19.1. The number of hydrogen-bond acceptors (Lipinski definition) is 7. The van der Waals surface area contributed by atoms with Crippen LogP contribution >= 0.6 is 0 Å². The van der Waals surface area contributed by atoms with Crippen molar-refractivity contribution >= 4 is 17.7 Å². The first-order chi connectivity index (χ1) is 16.7. The number of ether oxygens (including phenoxy) is 3. The molecule has 5 rings (SSSR count). The predicted molar refractivity (Wildman–Crippen MR) is 128 cm³/mol. The largest absolute Gasteiger partial charge is 0.497 e. The summed E-state index contributed by atoms with van der Waals surface area (Å²) in [4.78, 5) is 26.5. The zero-order chi connectivity index (χ0) is 23.3. The molecule has 3 aromatic rings. The highest BCUT2D eigenvalue weighted by Crippen LogP contribution is 2.32. The molecule has 1 N–H and O–H groups in total. The van der Waals surface area contributed by atoms with Gasteiger partial charge in [0.1, 0.15) is 11.5 Å². The highest BCUT2D eigenvalue weighted by Gasteiger charge is 2.28. The number of hydrogen-bond donors (Lipinski definition) is 1. The molecule has 34 heavy (non-hydrogen) atoms. The van der Waals surface area contributed by atoms with Gasteiger partial charge in [-0.3, -0.25) is 0 Å². The molecule has 2 aliphatic heterocycles. The van der Waals surface area contributed by atoms with E-state index in [1.54, 1.807) is 18.1 Å². The lowest BCUT2D eigenvalue weighted by Gasteiger charge is -2.32. The van der Waals surface area contributed by atoms with Gasteiger partial charge in [-0.15, -0.1) is 0 Å². The smallest absolute Gasteiger partial charge is 0.322 e. The third kappa shape index (κ3) is 4.89. The molecule has 0 bridgehead atoms. The van der Waals surface area contributed by atoms with E-state index < -0.39 is 0 Å². The number of rotatable bonds is 5. The molecule has 1 fully saturated rings. The molecule has 2 aromatic carbocycles. The maximum Gasteiger partial charge on any atom is 0.322 e. The Kier molecular flexibility index (Phi) is 6.44. The van der Waals surface area contributed by atoms with Gasteiger partial charge >= 0.3 is 6.03 Å². The summed E-state index contributed by atoms with van der Waals surface area (Å²) >= 11 is 0. The van der Waals surface area contributed by atoms with E-state index in [0.29, 0.717) is 61.7 Å². The van der Waals surface area contributed by atoms with E-state index in [1.807, 2.05) is 48.5 Å². The number of para-hydroxylation sites is 1. The number of aromatic nitrogens is 2. The lowest BCUT2D eigenvalue weighted by molar-refractivity contribution is 0.122. The first-order valence-corrected chi connectivity index (χ1v) is 11.3. The molecule has 0 spiro atoms. The highest BCUT2D eigenvalue weighted by molar-refractivity contribution is 5.89. The van der Waals surface area contributed by atoms with Crippen LogP contribution in [0.4, 0.5) is 16.4 Å². The van der Waals surface area contributed by atoms with Crippen LogP contribution in [0.15, 0.2) is 54.6 Å². The topological polar surface area (TPSA) is 89.1 Å². The molecule has 1 aromatic heterocycles. The van der Waals surface area contributed by atoms with E-state index >= 15 is 0 Å². The van der Waals surface area contributed by atoms with Gasteiger partial charge in [0.2, 0.25) is 11.8 Å². The minimum Gasteiger partial charge on any atom is -0.497 e. The zero-order valence-corrected chi connectivity index (χ0v) is 19.1. The van der Waals surface area contributed by atoms with Crippen molar-refractivity contribution in [3.05, 3.63) is 65.9 Å². The number of nitrogens with one attached hydrogen (secondary N) is 1. The van der Waals surface area contributed by atoms with E-state index in [9.17, 15) is 4.79 Å². The van der Waals surface area contributed by atoms with Gasteiger partial charge < -0.3 is 29.3 Å². The Balaban J connectivity index is 1.40. The highest BCUT2D eigenvalue weighted by atomic mass is 16.5. The second-order valence-corrected chi connectivity index (χ2v) is 8.10. The lowest BCUT2D eigenvalue weighted by Crippen LogP contribution is -2.41. The van der Waals surface area contributed by atoms with Crippen LogP contribution in [0.3, 0.4) is 0 Å². The Bertz CT molecular complexity index is 1150. The number of amides is 2. The number of benzene rings is 2. The van der Waals surface area contributed by atoms with Crippen LogP contribution in [0.25, 0.3) is 0 Å². The van der Waals surface area contributed by atoms with Gasteiger partial charge in [0.15, 0.2) is 0 Å². The van der Waals surface area contributed by atoms with E-state index in [1.165, 1.54) is 0 Å². The Hall–Kier alpha value is -3.85. The number of methoxy groups -OCH3 is 1. The van der Waals surface area contributed by atoms with E-state index in [4.69, 9.17) is 24.2 Å². The molecule has 0 atom stereocenters. The van der Waals surface area contributed by atoms with Crippen molar-refractivity contribution in [3.63, 3.8) is 0 Å². The Morgan fingerprint density at radius 3 is 2.59 bits per heavy atom. The number of morpholine rings is 1. The molecule has 1 saturated heterocycles. The second kappa shape index (κ2) is 9.96. The minimum absolute atomic E-state index is 0.193. The van der Waals surface area contributed by atoms with Crippen molar-refractivity contribution in [3.8, 4) is 17.4 Å². The van der Waals surface area contributed by atoms with E-state index in [0.717, 1.165) is 24.3 Å². The molecule has 9 nitrogen and oxygen atoms in total. The fraction of sp³-hybridized carbons (Fsp3) is 0.320. The van der Waals surface area contributed by atoms with Crippen molar-refractivity contribution < 1.29 is 19.0 Å². The van der Waals surface area contributed by atoms with Crippen LogP contribution in [-0.2, 0) is 17.7 Å². The summed E-state index contributed by atoms with van der Waals surface area (Å²) in [5.41, 5.74) is 2.41. The van der Waals surface area contributed by atoms with Gasteiger partial charge in [-0.25, -0.2) is 9.78 Å². The third-order valence-corrected chi connectivity index (χ3v) is 5.87. The third-order valence-electron chi connectivity index (χ3n) is 5.87. The van der Waals surface area contributed by atoms with Gasteiger partial charge in [0.25, 0.3) is 0 Å². The standard InChI is InChI=1S/C25H27N5O4/c1-32-20-9-5-6-18(16-20)26-25(31)30-11-10-22-21(17-30)23(34-19-7-3-2-4-8-19)28-24(27-22)29-12-14-33-15-13-29/h2-9,16H,10-15,17H2,1H3,(H,26,31). The first-order valence-electron chi connectivity index (χ1n) is 11.3. The van der Waals surface area contributed by atoms with E-state index in [2.05, 4.69) is 10.2 Å². The summed E-state index contributed by atoms with van der Waals surface area (Å²) < 4.78 is 16.9.